The standard InChI is InChI=1S/C18H23NO3/c1-19-12-6-8-18(21)11-3-2-7-17(18)14-10(9-11)4-5-13(20)15(14)22-16(12)17/h4-5,11-12,16,19-21H,2-3,6-9H2,1H3/t11?,12-,16-,17-,18+/m0/s1. The molecule has 0 aromatic heterocycles. The van der Waals surface area contributed by atoms with Crippen LogP contribution in [0.4, 0.5) is 0 Å². The number of likely N-dealkylation sites (N-methyl/N-ethyl adjacent to an activating group) is 1. The molecule has 2 bridgehead atoms. The van der Waals surface area contributed by atoms with E-state index in [1.807, 2.05) is 13.1 Å². The van der Waals surface area contributed by atoms with E-state index < -0.39 is 5.60 Å². The van der Waals surface area contributed by atoms with Crippen LogP contribution >= 0.6 is 0 Å². The van der Waals surface area contributed by atoms with Crippen LogP contribution in [0.1, 0.15) is 43.2 Å². The minimum absolute atomic E-state index is 0.0681. The van der Waals surface area contributed by atoms with Crippen LogP contribution in [0.15, 0.2) is 12.1 Å². The zero-order valence-corrected chi connectivity index (χ0v) is 12.9. The largest absolute Gasteiger partial charge is 0.504 e. The van der Waals surface area contributed by atoms with E-state index in [1.54, 1.807) is 6.07 Å². The highest BCUT2D eigenvalue weighted by Gasteiger charge is 2.71. The molecule has 3 aliphatic carbocycles. The number of hydrogen-bond acceptors (Lipinski definition) is 4. The average Bonchev–Trinajstić information content (AvgIpc) is 2.84. The van der Waals surface area contributed by atoms with Gasteiger partial charge in [0.25, 0.3) is 0 Å². The Labute approximate surface area is 130 Å². The van der Waals surface area contributed by atoms with Gasteiger partial charge in [0.1, 0.15) is 6.10 Å². The zero-order valence-electron chi connectivity index (χ0n) is 12.9. The lowest BCUT2D eigenvalue weighted by Crippen LogP contribution is -2.72. The van der Waals surface area contributed by atoms with E-state index >= 15 is 0 Å². The first kappa shape index (κ1) is 13.2. The van der Waals surface area contributed by atoms with Gasteiger partial charge in [0.05, 0.1) is 11.0 Å². The van der Waals surface area contributed by atoms with Crippen molar-refractivity contribution in [1.82, 2.24) is 5.32 Å². The third kappa shape index (κ3) is 1.21. The molecule has 5 rings (SSSR count). The minimum atomic E-state index is -0.671. The Morgan fingerprint density at radius 3 is 2.95 bits per heavy atom. The molecule has 3 N–H and O–H groups in total. The topological polar surface area (TPSA) is 61.7 Å². The highest BCUT2D eigenvalue weighted by molar-refractivity contribution is 5.62. The van der Waals surface area contributed by atoms with Gasteiger partial charge in [-0.2, -0.15) is 0 Å². The molecule has 1 aromatic rings. The lowest BCUT2D eigenvalue weighted by molar-refractivity contribution is -0.175. The first-order chi connectivity index (χ1) is 10.6. The van der Waals surface area contributed by atoms with Gasteiger partial charge in [0.15, 0.2) is 11.5 Å². The smallest absolute Gasteiger partial charge is 0.165 e. The summed E-state index contributed by atoms with van der Waals surface area (Å²) >= 11 is 0. The Balaban J connectivity index is 1.83. The van der Waals surface area contributed by atoms with Gasteiger partial charge in [-0.3, -0.25) is 0 Å². The number of ether oxygens (including phenoxy) is 1. The summed E-state index contributed by atoms with van der Waals surface area (Å²) in [5.74, 6) is 1.19. The first-order valence-electron chi connectivity index (χ1n) is 8.53. The van der Waals surface area contributed by atoms with Crippen molar-refractivity contribution in [3.05, 3.63) is 23.3 Å². The minimum Gasteiger partial charge on any atom is -0.504 e. The van der Waals surface area contributed by atoms with Crippen LogP contribution in [0.2, 0.25) is 0 Å². The first-order valence-corrected chi connectivity index (χ1v) is 8.53. The molecule has 2 saturated carbocycles. The number of nitrogens with one attached hydrogen (secondary N) is 1. The maximum atomic E-state index is 11.7. The van der Waals surface area contributed by atoms with Crippen LogP contribution in [0.3, 0.4) is 0 Å². The van der Waals surface area contributed by atoms with Crippen molar-refractivity contribution in [1.29, 1.82) is 0 Å². The van der Waals surface area contributed by atoms with E-state index in [2.05, 4.69) is 5.32 Å². The van der Waals surface area contributed by atoms with E-state index in [1.165, 1.54) is 5.56 Å². The molecular weight excluding hydrogens is 278 g/mol. The zero-order chi connectivity index (χ0) is 15.1. The molecular formula is C18H23NO3. The van der Waals surface area contributed by atoms with Gasteiger partial charge in [-0.25, -0.2) is 0 Å². The summed E-state index contributed by atoms with van der Waals surface area (Å²) in [5, 5.41) is 25.4. The van der Waals surface area contributed by atoms with Crippen molar-refractivity contribution in [2.45, 2.75) is 61.7 Å². The highest BCUT2D eigenvalue weighted by atomic mass is 16.5. The fourth-order valence-electron chi connectivity index (χ4n) is 6.15. The third-order valence-corrected chi connectivity index (χ3v) is 7.01. The fraction of sp³-hybridized carbons (Fsp3) is 0.667. The van der Waals surface area contributed by atoms with Crippen LogP contribution in [0.5, 0.6) is 11.5 Å². The summed E-state index contributed by atoms with van der Waals surface area (Å²) in [6.45, 7) is 0. The van der Waals surface area contributed by atoms with Crippen molar-refractivity contribution in [3.8, 4) is 11.5 Å². The van der Waals surface area contributed by atoms with Crippen LogP contribution in [-0.2, 0) is 11.8 Å². The molecule has 4 aliphatic rings. The monoisotopic (exact) mass is 301 g/mol. The fourth-order valence-corrected chi connectivity index (χ4v) is 6.15. The maximum absolute atomic E-state index is 11.7. The predicted octanol–water partition coefficient (Wildman–Crippen LogP) is 1.86. The van der Waals surface area contributed by atoms with E-state index in [4.69, 9.17) is 4.74 Å². The molecule has 0 amide bonds. The number of phenols is 1. The van der Waals surface area contributed by atoms with Crippen molar-refractivity contribution in [2.24, 2.45) is 5.92 Å². The third-order valence-electron chi connectivity index (χ3n) is 7.01. The Morgan fingerprint density at radius 1 is 1.27 bits per heavy atom. The normalized spacial score (nSPS) is 44.4. The molecule has 1 spiro atoms. The second-order valence-electron chi connectivity index (χ2n) is 7.61. The Morgan fingerprint density at radius 2 is 2.14 bits per heavy atom. The number of rotatable bonds is 1. The van der Waals surface area contributed by atoms with Crippen LogP contribution in [-0.4, -0.2) is 35.0 Å². The van der Waals surface area contributed by atoms with Gasteiger partial charge in [-0.05, 0) is 56.7 Å². The van der Waals surface area contributed by atoms with Crippen LogP contribution < -0.4 is 10.1 Å². The molecule has 5 atom stereocenters. The second-order valence-corrected chi connectivity index (χ2v) is 7.61. The van der Waals surface area contributed by atoms with Gasteiger partial charge in [0, 0.05) is 11.6 Å². The number of aromatic hydroxyl groups is 1. The van der Waals surface area contributed by atoms with Crippen LogP contribution in [0.25, 0.3) is 0 Å². The van der Waals surface area contributed by atoms with Gasteiger partial charge in [-0.15, -0.1) is 0 Å². The quantitative estimate of drug-likeness (QED) is 0.741. The lowest BCUT2D eigenvalue weighted by atomic mass is 9.45. The summed E-state index contributed by atoms with van der Waals surface area (Å²) < 4.78 is 6.31. The molecule has 4 nitrogen and oxygen atoms in total. The van der Waals surface area contributed by atoms with E-state index in [0.29, 0.717) is 11.7 Å². The SMILES string of the molecule is CN[C@H]1CC[C@@]2(O)C3CCC[C@@]24c2c(ccc(O)c2O[C@@H]14)C3. The molecule has 1 aliphatic heterocycles. The lowest BCUT2D eigenvalue weighted by Gasteiger charge is -2.61. The number of phenolic OH excluding ortho intramolecular Hbond substituents is 1. The van der Waals surface area contributed by atoms with Gasteiger partial charge >= 0.3 is 0 Å². The second kappa shape index (κ2) is 3.98. The molecule has 22 heavy (non-hydrogen) atoms. The highest BCUT2D eigenvalue weighted by Crippen LogP contribution is 2.67. The number of hydrogen-bond donors (Lipinski definition) is 3. The molecule has 4 heteroatoms. The summed E-state index contributed by atoms with van der Waals surface area (Å²) in [6.07, 6.45) is 5.81. The predicted molar refractivity (Wildman–Crippen MR) is 82.3 cm³/mol. The van der Waals surface area contributed by atoms with Gasteiger partial charge < -0.3 is 20.3 Å². The van der Waals surface area contributed by atoms with Crippen molar-refractivity contribution in [2.75, 3.05) is 7.05 Å². The van der Waals surface area contributed by atoms with Crippen molar-refractivity contribution >= 4 is 0 Å². The Hall–Kier alpha value is -1.26. The Bertz CT molecular complexity index is 660. The molecule has 1 heterocycles. The Kier molecular flexibility index (Phi) is 2.39. The summed E-state index contributed by atoms with van der Waals surface area (Å²) in [5.41, 5.74) is 1.40. The van der Waals surface area contributed by atoms with Gasteiger partial charge in [-0.1, -0.05) is 12.5 Å². The van der Waals surface area contributed by atoms with Crippen molar-refractivity contribution < 1.29 is 14.9 Å². The molecule has 118 valence electrons. The summed E-state index contributed by atoms with van der Waals surface area (Å²) in [6, 6.07) is 4.04. The van der Waals surface area contributed by atoms with Crippen molar-refractivity contribution in [3.63, 3.8) is 0 Å². The molecule has 0 saturated heterocycles. The summed E-state index contributed by atoms with van der Waals surface area (Å²) in [7, 11) is 1.97. The molecule has 1 aromatic carbocycles. The number of benzene rings is 1. The summed E-state index contributed by atoms with van der Waals surface area (Å²) in [4.78, 5) is 0. The molecule has 1 unspecified atom stereocenters. The molecule has 2 fully saturated rings. The van der Waals surface area contributed by atoms with E-state index in [-0.39, 0.29) is 23.3 Å². The average molecular weight is 301 g/mol. The molecule has 0 radical (unpaired) electrons. The number of aliphatic hydroxyl groups is 1. The van der Waals surface area contributed by atoms with Gasteiger partial charge in [0.2, 0.25) is 0 Å². The van der Waals surface area contributed by atoms with Crippen LogP contribution in [0, 0.1) is 5.92 Å². The maximum Gasteiger partial charge on any atom is 0.165 e. The van der Waals surface area contributed by atoms with E-state index in [0.717, 1.165) is 44.1 Å². The van der Waals surface area contributed by atoms with E-state index in [9.17, 15) is 10.2 Å².